The van der Waals surface area contributed by atoms with Gasteiger partial charge in [-0.3, -0.25) is 0 Å². The number of fused-ring (bicyclic) bond motifs is 4. The van der Waals surface area contributed by atoms with Crippen molar-refractivity contribution in [2.24, 2.45) is 5.92 Å². The van der Waals surface area contributed by atoms with Crippen molar-refractivity contribution in [3.05, 3.63) is 0 Å². The lowest BCUT2D eigenvalue weighted by molar-refractivity contribution is -0.175. The van der Waals surface area contributed by atoms with Gasteiger partial charge in [-0.2, -0.15) is 0 Å². The summed E-state index contributed by atoms with van der Waals surface area (Å²) in [5, 5.41) is 3.48. The predicted molar refractivity (Wildman–Crippen MR) is 49.2 cm³/mol. The van der Waals surface area contributed by atoms with Crippen LogP contribution in [0.5, 0.6) is 0 Å². The van der Waals surface area contributed by atoms with Crippen molar-refractivity contribution >= 4 is 0 Å². The summed E-state index contributed by atoms with van der Waals surface area (Å²) in [6, 6.07) is 0. The van der Waals surface area contributed by atoms with Crippen LogP contribution in [0.3, 0.4) is 0 Å². The predicted octanol–water partition coefficient (Wildman–Crippen LogP) is 1.55. The lowest BCUT2D eigenvalue weighted by atomic mass is 9.81. The van der Waals surface area contributed by atoms with Gasteiger partial charge in [-0.25, -0.2) is 0 Å². The van der Waals surface area contributed by atoms with E-state index in [0.29, 0.717) is 5.92 Å². The molecule has 3 aliphatic rings. The second-order valence-electron chi connectivity index (χ2n) is 5.02. The van der Waals surface area contributed by atoms with Gasteiger partial charge in [-0.1, -0.05) is 0 Å². The molecule has 0 saturated carbocycles. The molecular formula is C10H19NO. The minimum Gasteiger partial charge on any atom is -0.368 e. The average Bonchev–Trinajstić information content (AvgIpc) is 2.13. The largest absolute Gasteiger partial charge is 0.368 e. The number of nitrogens with one attached hydrogen (secondary N) is 1. The lowest BCUT2D eigenvalue weighted by Gasteiger charge is -2.44. The molecule has 3 saturated heterocycles. The van der Waals surface area contributed by atoms with Crippen molar-refractivity contribution in [1.29, 1.82) is 0 Å². The van der Waals surface area contributed by atoms with Crippen molar-refractivity contribution < 1.29 is 4.74 Å². The smallest absolute Gasteiger partial charge is 0.0785 e. The Morgan fingerprint density at radius 2 is 2.08 bits per heavy atom. The zero-order valence-corrected chi connectivity index (χ0v) is 8.31. The summed E-state index contributed by atoms with van der Waals surface area (Å²) in [5.74, 6) is 0.702. The van der Waals surface area contributed by atoms with E-state index in [1.54, 1.807) is 0 Å². The first-order valence-electron chi connectivity index (χ1n) is 4.93. The van der Waals surface area contributed by atoms with Gasteiger partial charge in [0.05, 0.1) is 11.2 Å². The Hall–Kier alpha value is -0.0800. The Morgan fingerprint density at radius 1 is 1.33 bits per heavy atom. The summed E-state index contributed by atoms with van der Waals surface area (Å²) >= 11 is 0. The zero-order chi connectivity index (χ0) is 8.82. The molecule has 3 fully saturated rings. The molecule has 70 valence electrons. The van der Waals surface area contributed by atoms with Crippen LogP contribution in [-0.2, 0) is 4.74 Å². The fourth-order valence-electron chi connectivity index (χ4n) is 2.58. The van der Waals surface area contributed by atoms with Gasteiger partial charge in [0, 0.05) is 13.1 Å². The molecule has 0 aliphatic carbocycles. The second-order valence-corrected chi connectivity index (χ2v) is 5.02. The van der Waals surface area contributed by atoms with E-state index in [4.69, 9.17) is 4.74 Å². The maximum Gasteiger partial charge on any atom is 0.0785 e. The summed E-state index contributed by atoms with van der Waals surface area (Å²) in [4.78, 5) is 0. The topological polar surface area (TPSA) is 21.3 Å². The fourth-order valence-corrected chi connectivity index (χ4v) is 2.58. The van der Waals surface area contributed by atoms with Gasteiger partial charge in [0.15, 0.2) is 0 Å². The van der Waals surface area contributed by atoms with Crippen molar-refractivity contribution in [2.45, 2.75) is 44.8 Å². The molecule has 0 amide bonds. The highest BCUT2D eigenvalue weighted by atomic mass is 16.5. The van der Waals surface area contributed by atoms with Crippen LogP contribution in [-0.4, -0.2) is 24.3 Å². The van der Waals surface area contributed by atoms with E-state index in [9.17, 15) is 0 Å². The van der Waals surface area contributed by atoms with Crippen LogP contribution in [0.25, 0.3) is 0 Å². The summed E-state index contributed by atoms with van der Waals surface area (Å²) in [7, 11) is 0. The Labute approximate surface area is 74.7 Å². The molecule has 2 heteroatoms. The molecule has 0 radical (unpaired) electrons. The number of ether oxygens (including phenoxy) is 1. The Morgan fingerprint density at radius 3 is 2.75 bits per heavy atom. The van der Waals surface area contributed by atoms with Gasteiger partial charge in [0.1, 0.15) is 0 Å². The first kappa shape index (κ1) is 8.52. The molecule has 12 heavy (non-hydrogen) atoms. The molecule has 0 aromatic carbocycles. The van der Waals surface area contributed by atoms with E-state index < -0.39 is 0 Å². The van der Waals surface area contributed by atoms with Crippen molar-refractivity contribution in [3.63, 3.8) is 0 Å². The molecular weight excluding hydrogens is 150 g/mol. The third kappa shape index (κ3) is 1.27. The summed E-state index contributed by atoms with van der Waals surface area (Å²) in [6.45, 7) is 8.82. The van der Waals surface area contributed by atoms with E-state index in [0.717, 1.165) is 13.1 Å². The van der Waals surface area contributed by atoms with Crippen LogP contribution in [0.4, 0.5) is 0 Å². The average molecular weight is 169 g/mol. The van der Waals surface area contributed by atoms with Gasteiger partial charge >= 0.3 is 0 Å². The van der Waals surface area contributed by atoms with Crippen molar-refractivity contribution in [3.8, 4) is 0 Å². The normalized spacial score (nSPS) is 45.8. The van der Waals surface area contributed by atoms with Gasteiger partial charge in [0.2, 0.25) is 0 Å². The third-order valence-electron chi connectivity index (χ3n) is 3.40. The fraction of sp³-hybridized carbons (Fsp3) is 1.00. The Balaban J connectivity index is 2.25. The SMILES string of the molecule is CC12CCC(CNC1)C(C)(C)O2. The maximum atomic E-state index is 6.12. The van der Waals surface area contributed by atoms with Crippen molar-refractivity contribution in [1.82, 2.24) is 5.32 Å². The van der Waals surface area contributed by atoms with E-state index in [1.165, 1.54) is 12.8 Å². The molecule has 2 unspecified atom stereocenters. The van der Waals surface area contributed by atoms with E-state index in [-0.39, 0.29) is 11.2 Å². The minimum absolute atomic E-state index is 0.0799. The standard InChI is InChI=1S/C10H19NO/c1-9(2)8-4-5-10(3,12-9)7-11-6-8/h8,11H,4-7H2,1-3H3. The molecule has 3 heterocycles. The van der Waals surface area contributed by atoms with E-state index >= 15 is 0 Å². The molecule has 3 aliphatic heterocycles. The van der Waals surface area contributed by atoms with Gasteiger partial charge in [0.25, 0.3) is 0 Å². The molecule has 2 atom stereocenters. The zero-order valence-electron chi connectivity index (χ0n) is 8.31. The highest BCUT2D eigenvalue weighted by molar-refractivity contribution is 4.97. The molecule has 0 spiro atoms. The van der Waals surface area contributed by atoms with E-state index in [1.807, 2.05) is 0 Å². The molecule has 1 N–H and O–H groups in total. The number of hydrogen-bond donors (Lipinski definition) is 1. The van der Waals surface area contributed by atoms with Crippen LogP contribution >= 0.6 is 0 Å². The first-order valence-corrected chi connectivity index (χ1v) is 4.93. The summed E-state index contributed by atoms with van der Waals surface area (Å²) in [6.07, 6.45) is 2.53. The first-order chi connectivity index (χ1) is 5.52. The van der Waals surface area contributed by atoms with E-state index in [2.05, 4.69) is 26.1 Å². The number of hydrogen-bond acceptors (Lipinski definition) is 2. The van der Waals surface area contributed by atoms with Crippen LogP contribution in [0.2, 0.25) is 0 Å². The van der Waals surface area contributed by atoms with Crippen LogP contribution < -0.4 is 5.32 Å². The highest BCUT2D eigenvalue weighted by Crippen LogP contribution is 2.40. The number of rotatable bonds is 0. The highest BCUT2D eigenvalue weighted by Gasteiger charge is 2.45. The van der Waals surface area contributed by atoms with Crippen LogP contribution in [0.15, 0.2) is 0 Å². The molecule has 3 rings (SSSR count). The quantitative estimate of drug-likeness (QED) is 0.594. The summed E-state index contributed by atoms with van der Waals surface area (Å²) < 4.78 is 6.12. The van der Waals surface area contributed by atoms with Gasteiger partial charge in [-0.15, -0.1) is 0 Å². The van der Waals surface area contributed by atoms with Crippen LogP contribution in [0.1, 0.15) is 33.6 Å². The van der Waals surface area contributed by atoms with Gasteiger partial charge in [-0.05, 0) is 39.5 Å². The summed E-state index contributed by atoms with van der Waals surface area (Å²) in [5.41, 5.74) is 0.174. The van der Waals surface area contributed by atoms with Crippen LogP contribution in [0, 0.1) is 5.92 Å². The minimum atomic E-state index is 0.0799. The Kier molecular flexibility index (Phi) is 1.74. The van der Waals surface area contributed by atoms with Gasteiger partial charge < -0.3 is 10.1 Å². The monoisotopic (exact) mass is 169 g/mol. The maximum absolute atomic E-state index is 6.12. The molecule has 2 bridgehead atoms. The molecule has 2 nitrogen and oxygen atoms in total. The molecule has 0 aromatic rings. The Bertz CT molecular complexity index is 184. The molecule has 0 aromatic heterocycles. The third-order valence-corrected chi connectivity index (χ3v) is 3.40. The van der Waals surface area contributed by atoms with Crippen molar-refractivity contribution in [2.75, 3.05) is 13.1 Å². The second kappa shape index (κ2) is 2.46. The lowest BCUT2D eigenvalue weighted by Crippen LogP contribution is -2.48.